The standard InChI is InChI=1S/C15H23FN2O2/c1-10-7-18(8-14(9-19)20-10)15(11(2)17)12-4-3-5-13(16)6-12/h3-6,10-11,14-15,19H,7-9,17H2,1-2H3. The molecule has 0 bridgehead atoms. The zero-order valence-corrected chi connectivity index (χ0v) is 12.0. The van der Waals surface area contributed by atoms with Crippen LogP contribution in [-0.2, 0) is 4.74 Å². The molecule has 3 N–H and O–H groups in total. The van der Waals surface area contributed by atoms with Gasteiger partial charge in [-0.3, -0.25) is 4.90 Å². The molecule has 0 aliphatic carbocycles. The number of nitrogens with two attached hydrogens (primary N) is 1. The van der Waals surface area contributed by atoms with Crippen molar-refractivity contribution in [2.45, 2.75) is 38.1 Å². The highest BCUT2D eigenvalue weighted by Gasteiger charge is 2.32. The fourth-order valence-electron chi connectivity index (χ4n) is 2.95. The summed E-state index contributed by atoms with van der Waals surface area (Å²) in [5.41, 5.74) is 6.98. The Labute approximate surface area is 119 Å². The van der Waals surface area contributed by atoms with E-state index in [-0.39, 0.29) is 36.7 Å². The maximum absolute atomic E-state index is 13.5. The fraction of sp³-hybridized carbons (Fsp3) is 0.600. The van der Waals surface area contributed by atoms with Gasteiger partial charge in [0.25, 0.3) is 0 Å². The van der Waals surface area contributed by atoms with Gasteiger partial charge in [0.05, 0.1) is 18.8 Å². The Bertz CT molecular complexity index is 442. The van der Waals surface area contributed by atoms with Crippen LogP contribution in [0.25, 0.3) is 0 Å². The van der Waals surface area contributed by atoms with Gasteiger partial charge in [-0.15, -0.1) is 0 Å². The first-order chi connectivity index (χ1) is 9.51. The molecule has 1 aliphatic heterocycles. The summed E-state index contributed by atoms with van der Waals surface area (Å²) in [4.78, 5) is 2.18. The summed E-state index contributed by atoms with van der Waals surface area (Å²) in [7, 11) is 0. The maximum atomic E-state index is 13.5. The van der Waals surface area contributed by atoms with Gasteiger partial charge in [0.1, 0.15) is 5.82 Å². The van der Waals surface area contributed by atoms with Crippen LogP contribution in [0, 0.1) is 5.82 Å². The van der Waals surface area contributed by atoms with E-state index in [9.17, 15) is 9.50 Å². The van der Waals surface area contributed by atoms with Gasteiger partial charge in [0.2, 0.25) is 0 Å². The van der Waals surface area contributed by atoms with Crippen molar-refractivity contribution >= 4 is 0 Å². The van der Waals surface area contributed by atoms with Crippen molar-refractivity contribution in [1.29, 1.82) is 0 Å². The number of hydrogen-bond acceptors (Lipinski definition) is 4. The topological polar surface area (TPSA) is 58.7 Å². The molecule has 0 amide bonds. The van der Waals surface area contributed by atoms with E-state index >= 15 is 0 Å². The Kier molecular flexibility index (Phi) is 5.10. The van der Waals surface area contributed by atoms with Crippen LogP contribution in [0.4, 0.5) is 4.39 Å². The highest BCUT2D eigenvalue weighted by atomic mass is 19.1. The van der Waals surface area contributed by atoms with E-state index < -0.39 is 0 Å². The van der Waals surface area contributed by atoms with Crippen molar-refractivity contribution in [3.05, 3.63) is 35.6 Å². The van der Waals surface area contributed by atoms with Crippen LogP contribution in [0.3, 0.4) is 0 Å². The van der Waals surface area contributed by atoms with E-state index in [1.165, 1.54) is 12.1 Å². The Morgan fingerprint density at radius 1 is 1.50 bits per heavy atom. The zero-order chi connectivity index (χ0) is 14.7. The molecular weight excluding hydrogens is 259 g/mol. The molecule has 4 atom stereocenters. The first-order valence-corrected chi connectivity index (χ1v) is 7.02. The van der Waals surface area contributed by atoms with Gasteiger partial charge in [-0.2, -0.15) is 0 Å². The number of benzene rings is 1. The number of ether oxygens (including phenoxy) is 1. The van der Waals surface area contributed by atoms with Gasteiger partial charge >= 0.3 is 0 Å². The largest absolute Gasteiger partial charge is 0.394 e. The second-order valence-corrected chi connectivity index (χ2v) is 5.56. The molecule has 1 aromatic rings. The lowest BCUT2D eigenvalue weighted by molar-refractivity contribution is -0.107. The van der Waals surface area contributed by atoms with Crippen LogP contribution in [0.15, 0.2) is 24.3 Å². The van der Waals surface area contributed by atoms with E-state index in [1.807, 2.05) is 19.9 Å². The molecule has 1 heterocycles. The minimum Gasteiger partial charge on any atom is -0.394 e. The number of nitrogens with zero attached hydrogens (tertiary/aromatic N) is 1. The molecule has 0 spiro atoms. The first-order valence-electron chi connectivity index (χ1n) is 7.02. The Morgan fingerprint density at radius 2 is 2.25 bits per heavy atom. The van der Waals surface area contributed by atoms with Crippen molar-refractivity contribution in [3.63, 3.8) is 0 Å². The molecule has 0 saturated carbocycles. The average Bonchev–Trinajstić information content (AvgIpc) is 2.37. The Balaban J connectivity index is 2.24. The molecule has 4 nitrogen and oxygen atoms in total. The van der Waals surface area contributed by atoms with Crippen LogP contribution < -0.4 is 5.73 Å². The van der Waals surface area contributed by atoms with Crippen molar-refractivity contribution in [3.8, 4) is 0 Å². The number of morpholine rings is 1. The normalized spacial score (nSPS) is 27.2. The number of halogens is 1. The van der Waals surface area contributed by atoms with E-state index in [4.69, 9.17) is 10.5 Å². The molecule has 0 aromatic heterocycles. The van der Waals surface area contributed by atoms with Gasteiger partial charge in [0.15, 0.2) is 0 Å². The van der Waals surface area contributed by atoms with Gasteiger partial charge in [0, 0.05) is 25.2 Å². The molecule has 1 aliphatic rings. The van der Waals surface area contributed by atoms with Gasteiger partial charge < -0.3 is 15.6 Å². The van der Waals surface area contributed by atoms with Crippen molar-refractivity contribution in [2.24, 2.45) is 5.73 Å². The minimum atomic E-state index is -0.256. The van der Waals surface area contributed by atoms with Crippen LogP contribution in [0.5, 0.6) is 0 Å². The molecule has 1 saturated heterocycles. The first kappa shape index (κ1) is 15.4. The van der Waals surface area contributed by atoms with E-state index in [0.717, 1.165) is 12.1 Å². The lowest BCUT2D eigenvalue weighted by Gasteiger charge is -2.42. The molecule has 112 valence electrons. The average molecular weight is 282 g/mol. The Hall–Kier alpha value is -1.01. The maximum Gasteiger partial charge on any atom is 0.123 e. The van der Waals surface area contributed by atoms with E-state index in [0.29, 0.717) is 6.54 Å². The zero-order valence-electron chi connectivity index (χ0n) is 12.0. The summed E-state index contributed by atoms with van der Waals surface area (Å²) in [6, 6.07) is 6.34. The number of aliphatic hydroxyl groups is 1. The SMILES string of the molecule is CC1CN(C(c2cccc(F)c2)C(C)N)CC(CO)O1. The molecule has 20 heavy (non-hydrogen) atoms. The monoisotopic (exact) mass is 282 g/mol. The molecule has 0 radical (unpaired) electrons. The van der Waals surface area contributed by atoms with Gasteiger partial charge in [-0.1, -0.05) is 12.1 Å². The van der Waals surface area contributed by atoms with Crippen molar-refractivity contribution in [1.82, 2.24) is 4.90 Å². The van der Waals surface area contributed by atoms with Crippen molar-refractivity contribution < 1.29 is 14.2 Å². The second kappa shape index (κ2) is 6.63. The third-order valence-corrected chi connectivity index (χ3v) is 3.64. The molecule has 2 rings (SSSR count). The lowest BCUT2D eigenvalue weighted by Crippen LogP contribution is -2.52. The summed E-state index contributed by atoms with van der Waals surface area (Å²) >= 11 is 0. The predicted molar refractivity (Wildman–Crippen MR) is 75.8 cm³/mol. The lowest BCUT2D eigenvalue weighted by atomic mass is 9.97. The van der Waals surface area contributed by atoms with Crippen molar-refractivity contribution in [2.75, 3.05) is 19.7 Å². The highest BCUT2D eigenvalue weighted by molar-refractivity contribution is 5.22. The van der Waals surface area contributed by atoms with Crippen LogP contribution in [0.1, 0.15) is 25.5 Å². The summed E-state index contributed by atoms with van der Waals surface area (Å²) < 4.78 is 19.1. The number of aliphatic hydroxyl groups excluding tert-OH is 1. The van der Waals surface area contributed by atoms with E-state index in [2.05, 4.69) is 4.90 Å². The predicted octanol–water partition coefficient (Wildman–Crippen LogP) is 1.30. The molecule has 5 heteroatoms. The highest BCUT2D eigenvalue weighted by Crippen LogP contribution is 2.27. The Morgan fingerprint density at radius 3 is 2.85 bits per heavy atom. The van der Waals surface area contributed by atoms with Crippen LogP contribution in [-0.4, -0.2) is 48.0 Å². The fourth-order valence-corrected chi connectivity index (χ4v) is 2.95. The third-order valence-electron chi connectivity index (χ3n) is 3.64. The number of rotatable bonds is 4. The second-order valence-electron chi connectivity index (χ2n) is 5.56. The molecule has 1 aromatic carbocycles. The summed E-state index contributed by atoms with van der Waals surface area (Å²) in [5, 5.41) is 9.32. The molecular formula is C15H23FN2O2. The molecule has 1 fully saturated rings. The summed E-state index contributed by atoms with van der Waals surface area (Å²) in [6.07, 6.45) is -0.190. The summed E-state index contributed by atoms with van der Waals surface area (Å²) in [6.45, 7) is 5.20. The number of hydrogen-bond donors (Lipinski definition) is 2. The van der Waals surface area contributed by atoms with Crippen LogP contribution >= 0.6 is 0 Å². The minimum absolute atomic E-state index is 0.0182. The summed E-state index contributed by atoms with van der Waals surface area (Å²) in [5.74, 6) is -0.256. The van der Waals surface area contributed by atoms with Crippen LogP contribution in [0.2, 0.25) is 0 Å². The quantitative estimate of drug-likeness (QED) is 0.874. The van der Waals surface area contributed by atoms with E-state index in [1.54, 1.807) is 6.07 Å². The van der Waals surface area contributed by atoms with Gasteiger partial charge in [-0.25, -0.2) is 4.39 Å². The third kappa shape index (κ3) is 3.55. The van der Waals surface area contributed by atoms with Gasteiger partial charge in [-0.05, 0) is 31.5 Å². The smallest absolute Gasteiger partial charge is 0.123 e. The molecule has 4 unspecified atom stereocenters.